The van der Waals surface area contributed by atoms with E-state index in [-0.39, 0.29) is 6.04 Å². The number of rotatable bonds is 2. The molecule has 2 saturated heterocycles. The fourth-order valence-electron chi connectivity index (χ4n) is 3.16. The molecule has 2 atom stereocenters. The molecular weight excluding hydrogens is 214 g/mol. The summed E-state index contributed by atoms with van der Waals surface area (Å²) < 4.78 is 0. The lowest BCUT2D eigenvalue weighted by atomic mass is 10.0. The van der Waals surface area contributed by atoms with Crippen LogP contribution in [0.25, 0.3) is 0 Å². The van der Waals surface area contributed by atoms with Gasteiger partial charge < -0.3 is 15.5 Å². The Labute approximate surface area is 103 Å². The third-order valence-electron chi connectivity index (χ3n) is 4.59. The smallest absolute Gasteiger partial charge is 0.240 e. The Morgan fingerprint density at radius 1 is 1.47 bits per heavy atom. The zero-order chi connectivity index (χ0) is 11.9. The number of carbonyl (C=O) groups excluding carboxylic acids is 1. The number of carbonyl (C=O) groups is 1. The highest BCUT2D eigenvalue weighted by Gasteiger charge is 2.49. The maximum Gasteiger partial charge on any atom is 0.240 e. The number of nitrogens with zero attached hydrogens (tertiary/aromatic N) is 1. The molecule has 1 amide bonds. The van der Waals surface area contributed by atoms with Crippen LogP contribution in [-0.4, -0.2) is 48.1 Å². The van der Waals surface area contributed by atoms with Gasteiger partial charge in [-0.15, -0.1) is 0 Å². The largest absolute Gasteiger partial charge is 0.335 e. The third kappa shape index (κ3) is 2.08. The molecular formula is C13H23N3O. The van der Waals surface area contributed by atoms with Gasteiger partial charge in [-0.2, -0.15) is 0 Å². The molecule has 0 aromatic rings. The first kappa shape index (κ1) is 11.5. The standard InChI is InChI=1S/C13H23N3O/c1-2-10-8-15-13(5-6-13)9-16(10)12(17)11-4-3-7-14-11/h10-11,14-15H,2-9H2,1H3/t10-,11?/m1/s1. The van der Waals surface area contributed by atoms with Gasteiger partial charge in [-0.25, -0.2) is 0 Å². The molecule has 4 nitrogen and oxygen atoms in total. The van der Waals surface area contributed by atoms with E-state index in [1.807, 2.05) is 0 Å². The number of hydrogen-bond acceptors (Lipinski definition) is 3. The Balaban J connectivity index is 1.70. The van der Waals surface area contributed by atoms with Crippen molar-refractivity contribution in [2.75, 3.05) is 19.6 Å². The van der Waals surface area contributed by atoms with E-state index in [2.05, 4.69) is 22.5 Å². The second kappa shape index (κ2) is 4.25. The minimum Gasteiger partial charge on any atom is -0.335 e. The average molecular weight is 237 g/mol. The molecule has 2 aliphatic heterocycles. The average Bonchev–Trinajstić information content (AvgIpc) is 2.91. The van der Waals surface area contributed by atoms with Gasteiger partial charge in [0.05, 0.1) is 6.04 Å². The molecule has 2 heterocycles. The number of hydrogen-bond donors (Lipinski definition) is 2. The molecule has 0 aromatic heterocycles. The van der Waals surface area contributed by atoms with Crippen LogP contribution in [0.3, 0.4) is 0 Å². The van der Waals surface area contributed by atoms with Crippen molar-refractivity contribution in [2.45, 2.75) is 56.7 Å². The van der Waals surface area contributed by atoms with Crippen molar-refractivity contribution in [3.63, 3.8) is 0 Å². The summed E-state index contributed by atoms with van der Waals surface area (Å²) >= 11 is 0. The van der Waals surface area contributed by atoms with Crippen molar-refractivity contribution in [2.24, 2.45) is 0 Å². The summed E-state index contributed by atoms with van der Waals surface area (Å²) in [5.41, 5.74) is 0.292. The first-order chi connectivity index (χ1) is 8.24. The van der Waals surface area contributed by atoms with Crippen molar-refractivity contribution in [3.8, 4) is 0 Å². The summed E-state index contributed by atoms with van der Waals surface area (Å²) in [6, 6.07) is 0.495. The van der Waals surface area contributed by atoms with Crippen LogP contribution in [0.4, 0.5) is 0 Å². The van der Waals surface area contributed by atoms with E-state index in [9.17, 15) is 4.79 Å². The Kier molecular flexibility index (Phi) is 2.87. The van der Waals surface area contributed by atoms with Gasteiger partial charge in [0.15, 0.2) is 0 Å². The maximum atomic E-state index is 12.5. The lowest BCUT2D eigenvalue weighted by molar-refractivity contribution is -0.137. The third-order valence-corrected chi connectivity index (χ3v) is 4.59. The van der Waals surface area contributed by atoms with Crippen molar-refractivity contribution in [1.82, 2.24) is 15.5 Å². The van der Waals surface area contributed by atoms with Crippen LogP contribution >= 0.6 is 0 Å². The van der Waals surface area contributed by atoms with Crippen LogP contribution in [0.15, 0.2) is 0 Å². The highest BCUT2D eigenvalue weighted by Crippen LogP contribution is 2.39. The quantitative estimate of drug-likeness (QED) is 0.734. The molecule has 96 valence electrons. The van der Waals surface area contributed by atoms with Crippen LogP contribution in [0.2, 0.25) is 0 Å². The van der Waals surface area contributed by atoms with Gasteiger partial charge in [-0.05, 0) is 38.6 Å². The van der Waals surface area contributed by atoms with Crippen molar-refractivity contribution in [1.29, 1.82) is 0 Å². The van der Waals surface area contributed by atoms with E-state index in [1.54, 1.807) is 0 Å². The van der Waals surface area contributed by atoms with Crippen molar-refractivity contribution < 1.29 is 4.79 Å². The Bertz CT molecular complexity index is 308. The number of nitrogens with one attached hydrogen (secondary N) is 2. The summed E-state index contributed by atoms with van der Waals surface area (Å²) in [6.45, 7) is 5.10. The topological polar surface area (TPSA) is 44.4 Å². The predicted octanol–water partition coefficient (Wildman–Crippen LogP) is 0.481. The van der Waals surface area contributed by atoms with E-state index >= 15 is 0 Å². The van der Waals surface area contributed by atoms with Crippen molar-refractivity contribution in [3.05, 3.63) is 0 Å². The maximum absolute atomic E-state index is 12.5. The van der Waals surface area contributed by atoms with Crippen LogP contribution in [0, 0.1) is 0 Å². The first-order valence-electron chi connectivity index (χ1n) is 7.03. The zero-order valence-electron chi connectivity index (χ0n) is 10.7. The van der Waals surface area contributed by atoms with Gasteiger partial charge in [0.2, 0.25) is 5.91 Å². The summed E-state index contributed by atoms with van der Waals surface area (Å²) in [6.07, 6.45) is 5.70. The van der Waals surface area contributed by atoms with E-state index in [1.165, 1.54) is 12.8 Å². The highest BCUT2D eigenvalue weighted by atomic mass is 16.2. The zero-order valence-corrected chi connectivity index (χ0v) is 10.7. The van der Waals surface area contributed by atoms with Crippen LogP contribution < -0.4 is 10.6 Å². The normalized spacial score (nSPS) is 35.2. The predicted molar refractivity (Wildman–Crippen MR) is 66.8 cm³/mol. The highest BCUT2D eigenvalue weighted by molar-refractivity contribution is 5.82. The molecule has 0 aromatic carbocycles. The molecule has 1 unspecified atom stereocenters. The Morgan fingerprint density at radius 3 is 2.88 bits per heavy atom. The fraction of sp³-hybridized carbons (Fsp3) is 0.923. The molecule has 0 bridgehead atoms. The summed E-state index contributed by atoms with van der Waals surface area (Å²) in [4.78, 5) is 14.7. The van der Waals surface area contributed by atoms with E-state index in [4.69, 9.17) is 0 Å². The minimum absolute atomic E-state index is 0.0953. The lowest BCUT2D eigenvalue weighted by Gasteiger charge is -2.41. The molecule has 17 heavy (non-hydrogen) atoms. The molecule has 1 spiro atoms. The van der Waals surface area contributed by atoms with Crippen molar-refractivity contribution >= 4 is 5.91 Å². The molecule has 2 N–H and O–H groups in total. The van der Waals surface area contributed by atoms with Crippen LogP contribution in [-0.2, 0) is 4.79 Å². The molecule has 3 fully saturated rings. The van der Waals surface area contributed by atoms with Crippen LogP contribution in [0.5, 0.6) is 0 Å². The summed E-state index contributed by atoms with van der Waals surface area (Å²) in [7, 11) is 0. The summed E-state index contributed by atoms with van der Waals surface area (Å²) in [5.74, 6) is 0.349. The van der Waals surface area contributed by atoms with E-state index < -0.39 is 0 Å². The molecule has 3 aliphatic rings. The number of amides is 1. The molecule has 1 aliphatic carbocycles. The molecule has 4 heteroatoms. The molecule has 0 radical (unpaired) electrons. The summed E-state index contributed by atoms with van der Waals surface area (Å²) in [5, 5.41) is 6.97. The van der Waals surface area contributed by atoms with Crippen LogP contribution in [0.1, 0.15) is 39.0 Å². The number of piperazine rings is 1. The lowest BCUT2D eigenvalue weighted by Crippen LogP contribution is -2.62. The second-order valence-electron chi connectivity index (χ2n) is 5.84. The van der Waals surface area contributed by atoms with Gasteiger partial charge in [0.25, 0.3) is 0 Å². The second-order valence-corrected chi connectivity index (χ2v) is 5.84. The SMILES string of the molecule is CC[C@@H]1CNC2(CC2)CN1C(=O)C1CCCN1. The van der Waals surface area contributed by atoms with E-state index in [0.29, 0.717) is 17.5 Å². The minimum atomic E-state index is 0.0953. The van der Waals surface area contributed by atoms with Gasteiger partial charge >= 0.3 is 0 Å². The molecule has 1 saturated carbocycles. The first-order valence-corrected chi connectivity index (χ1v) is 7.03. The Hall–Kier alpha value is -0.610. The van der Waals surface area contributed by atoms with Gasteiger partial charge in [0.1, 0.15) is 0 Å². The van der Waals surface area contributed by atoms with Gasteiger partial charge in [-0.1, -0.05) is 6.92 Å². The monoisotopic (exact) mass is 237 g/mol. The van der Waals surface area contributed by atoms with Gasteiger partial charge in [-0.3, -0.25) is 4.79 Å². The Morgan fingerprint density at radius 2 is 2.29 bits per heavy atom. The fourth-order valence-corrected chi connectivity index (χ4v) is 3.16. The van der Waals surface area contributed by atoms with Gasteiger partial charge in [0, 0.05) is 24.7 Å². The molecule has 3 rings (SSSR count). The van der Waals surface area contributed by atoms with E-state index in [0.717, 1.165) is 38.9 Å².